The van der Waals surface area contributed by atoms with Crippen molar-refractivity contribution in [3.63, 3.8) is 0 Å². The highest BCUT2D eigenvalue weighted by Gasteiger charge is 2.13. The Hall–Kier alpha value is -0.860. The van der Waals surface area contributed by atoms with Crippen LogP contribution in [0.15, 0.2) is 0 Å². The molecule has 0 saturated heterocycles. The van der Waals surface area contributed by atoms with Gasteiger partial charge in [-0.3, -0.25) is 4.79 Å². The molecule has 0 rings (SSSR count). The Labute approximate surface area is 73.5 Å². The lowest BCUT2D eigenvalue weighted by Gasteiger charge is -2.20. The molecular weight excluding hydrogens is 154 g/mol. The lowest BCUT2D eigenvalue weighted by atomic mass is 10.1. The molecule has 3 heteroatoms. The Morgan fingerprint density at radius 2 is 1.67 bits per heavy atom. The topological polar surface area (TPSA) is 46.2 Å². The van der Waals surface area contributed by atoms with E-state index in [1.807, 2.05) is 20.8 Å². The molecule has 0 unspecified atom stereocenters. The smallest absolute Gasteiger partial charge is 0.220 e. The van der Waals surface area contributed by atoms with Crippen LogP contribution in [0.2, 0.25) is 0 Å². The van der Waals surface area contributed by atoms with Crippen LogP contribution >= 0.6 is 0 Å². The van der Waals surface area contributed by atoms with Gasteiger partial charge in [-0.1, -0.05) is 0 Å². The minimum Gasteiger partial charge on any atom is -0.351 e. The third kappa shape index (κ3) is 7.25. The van der Waals surface area contributed by atoms with Gasteiger partial charge in [-0.25, -0.2) is 0 Å². The Bertz CT molecular complexity index is 179. The van der Waals surface area contributed by atoms with Crippen molar-refractivity contribution in [3.05, 3.63) is 0 Å². The standard InChI is InChI=1S/C9H17NO2/c1-7(11)5-6-8(12)10-9(2,3)4/h5-6H2,1-4H3,(H,10,12). The number of hydrogen-bond donors (Lipinski definition) is 1. The van der Waals surface area contributed by atoms with Crippen molar-refractivity contribution in [2.24, 2.45) is 0 Å². The number of nitrogens with one attached hydrogen (secondary N) is 1. The summed E-state index contributed by atoms with van der Waals surface area (Å²) >= 11 is 0. The summed E-state index contributed by atoms with van der Waals surface area (Å²) in [4.78, 5) is 21.6. The maximum absolute atomic E-state index is 11.1. The van der Waals surface area contributed by atoms with Crippen molar-refractivity contribution in [2.45, 2.75) is 46.1 Å². The molecule has 0 bridgehead atoms. The van der Waals surface area contributed by atoms with Crippen LogP contribution in [0.5, 0.6) is 0 Å². The summed E-state index contributed by atoms with van der Waals surface area (Å²) in [7, 11) is 0. The number of hydrogen-bond acceptors (Lipinski definition) is 2. The second-order valence-corrected chi connectivity index (χ2v) is 4.00. The average molecular weight is 171 g/mol. The van der Waals surface area contributed by atoms with E-state index in [4.69, 9.17) is 0 Å². The van der Waals surface area contributed by atoms with E-state index in [9.17, 15) is 9.59 Å². The van der Waals surface area contributed by atoms with E-state index in [2.05, 4.69) is 5.32 Å². The monoisotopic (exact) mass is 171 g/mol. The molecule has 3 nitrogen and oxygen atoms in total. The van der Waals surface area contributed by atoms with Crippen LogP contribution in [0.1, 0.15) is 40.5 Å². The molecule has 0 heterocycles. The third-order valence-electron chi connectivity index (χ3n) is 1.22. The van der Waals surface area contributed by atoms with Crippen molar-refractivity contribution in [3.8, 4) is 0 Å². The molecule has 0 aliphatic heterocycles. The molecule has 1 amide bonds. The van der Waals surface area contributed by atoms with Crippen molar-refractivity contribution in [1.29, 1.82) is 0 Å². The first-order valence-electron chi connectivity index (χ1n) is 4.12. The van der Waals surface area contributed by atoms with Gasteiger partial charge >= 0.3 is 0 Å². The van der Waals surface area contributed by atoms with Gasteiger partial charge in [0, 0.05) is 18.4 Å². The zero-order valence-corrected chi connectivity index (χ0v) is 8.23. The lowest BCUT2D eigenvalue weighted by molar-refractivity contribution is -0.125. The average Bonchev–Trinajstić information content (AvgIpc) is 1.79. The summed E-state index contributed by atoms with van der Waals surface area (Å²) < 4.78 is 0. The lowest BCUT2D eigenvalue weighted by Crippen LogP contribution is -2.40. The second kappa shape index (κ2) is 4.24. The normalized spacial score (nSPS) is 11.0. The number of Topliss-reactive ketones (excluding diaryl/α,β-unsaturated/α-hetero) is 1. The van der Waals surface area contributed by atoms with E-state index in [1.165, 1.54) is 6.92 Å². The quantitative estimate of drug-likeness (QED) is 0.695. The van der Waals surface area contributed by atoms with Crippen molar-refractivity contribution >= 4 is 11.7 Å². The summed E-state index contributed by atoms with van der Waals surface area (Å²) in [6, 6.07) is 0. The molecule has 0 radical (unpaired) electrons. The maximum Gasteiger partial charge on any atom is 0.220 e. The first kappa shape index (κ1) is 11.1. The predicted octanol–water partition coefficient (Wildman–Crippen LogP) is 1.27. The highest BCUT2D eigenvalue weighted by molar-refractivity contribution is 5.83. The largest absolute Gasteiger partial charge is 0.351 e. The fourth-order valence-electron chi connectivity index (χ4n) is 0.770. The molecular formula is C9H17NO2. The molecule has 0 aromatic heterocycles. The molecule has 0 aliphatic carbocycles. The fourth-order valence-corrected chi connectivity index (χ4v) is 0.770. The SMILES string of the molecule is CC(=O)CCC(=O)NC(C)(C)C. The Morgan fingerprint density at radius 3 is 2.00 bits per heavy atom. The molecule has 0 aromatic rings. The van der Waals surface area contributed by atoms with Crippen molar-refractivity contribution in [2.75, 3.05) is 0 Å². The summed E-state index contributed by atoms with van der Waals surface area (Å²) in [5.74, 6) is -0.00300. The molecule has 0 atom stereocenters. The maximum atomic E-state index is 11.1. The number of carbonyl (C=O) groups is 2. The van der Waals surface area contributed by atoms with E-state index in [-0.39, 0.29) is 17.2 Å². The zero-order valence-electron chi connectivity index (χ0n) is 8.23. The minimum absolute atomic E-state index is 0.0547. The Kier molecular flexibility index (Phi) is 3.93. The Morgan fingerprint density at radius 1 is 1.17 bits per heavy atom. The molecule has 0 aliphatic rings. The number of rotatable bonds is 3. The Balaban J connectivity index is 3.68. The first-order valence-corrected chi connectivity index (χ1v) is 4.12. The van der Waals surface area contributed by atoms with Crippen LogP contribution in [-0.2, 0) is 9.59 Å². The second-order valence-electron chi connectivity index (χ2n) is 4.00. The van der Waals surface area contributed by atoms with Crippen molar-refractivity contribution < 1.29 is 9.59 Å². The molecule has 12 heavy (non-hydrogen) atoms. The van der Waals surface area contributed by atoms with Crippen LogP contribution in [0.4, 0.5) is 0 Å². The van der Waals surface area contributed by atoms with Gasteiger partial charge in [-0.2, -0.15) is 0 Å². The van der Waals surface area contributed by atoms with Crippen LogP contribution in [-0.4, -0.2) is 17.2 Å². The molecule has 70 valence electrons. The van der Waals surface area contributed by atoms with Gasteiger partial charge in [-0.05, 0) is 27.7 Å². The van der Waals surface area contributed by atoms with E-state index < -0.39 is 0 Å². The van der Waals surface area contributed by atoms with Gasteiger partial charge in [-0.15, -0.1) is 0 Å². The molecule has 0 spiro atoms. The fraction of sp³-hybridized carbons (Fsp3) is 0.778. The van der Waals surface area contributed by atoms with Gasteiger partial charge in [0.15, 0.2) is 0 Å². The minimum atomic E-state index is -0.201. The summed E-state index contributed by atoms with van der Waals surface area (Å²) in [6.07, 6.45) is 0.633. The summed E-state index contributed by atoms with van der Waals surface area (Å²) in [5, 5.41) is 2.78. The van der Waals surface area contributed by atoms with Crippen LogP contribution < -0.4 is 5.32 Å². The van der Waals surface area contributed by atoms with Crippen LogP contribution in [0, 0.1) is 0 Å². The van der Waals surface area contributed by atoms with E-state index in [0.29, 0.717) is 12.8 Å². The number of amides is 1. The van der Waals surface area contributed by atoms with Gasteiger partial charge in [0.2, 0.25) is 5.91 Å². The summed E-state index contributed by atoms with van der Waals surface area (Å²) in [6.45, 7) is 7.24. The highest BCUT2D eigenvalue weighted by Crippen LogP contribution is 2.00. The van der Waals surface area contributed by atoms with E-state index >= 15 is 0 Å². The summed E-state index contributed by atoms with van der Waals surface area (Å²) in [5.41, 5.74) is -0.201. The molecule has 1 N–H and O–H groups in total. The van der Waals surface area contributed by atoms with E-state index in [1.54, 1.807) is 0 Å². The number of carbonyl (C=O) groups excluding carboxylic acids is 2. The first-order chi connectivity index (χ1) is 5.31. The number of ketones is 1. The molecule has 0 saturated carbocycles. The van der Waals surface area contributed by atoms with Gasteiger partial charge in [0.1, 0.15) is 5.78 Å². The zero-order chi connectivity index (χ0) is 9.78. The molecule has 0 aromatic carbocycles. The van der Waals surface area contributed by atoms with Crippen LogP contribution in [0.3, 0.4) is 0 Å². The van der Waals surface area contributed by atoms with Gasteiger partial charge < -0.3 is 10.1 Å². The van der Waals surface area contributed by atoms with Crippen LogP contribution in [0.25, 0.3) is 0 Å². The van der Waals surface area contributed by atoms with Gasteiger partial charge in [0.25, 0.3) is 0 Å². The van der Waals surface area contributed by atoms with Crippen molar-refractivity contribution in [1.82, 2.24) is 5.32 Å². The van der Waals surface area contributed by atoms with Gasteiger partial charge in [0.05, 0.1) is 0 Å². The third-order valence-corrected chi connectivity index (χ3v) is 1.22. The van der Waals surface area contributed by atoms with E-state index in [0.717, 1.165) is 0 Å². The predicted molar refractivity (Wildman–Crippen MR) is 47.8 cm³/mol. The highest BCUT2D eigenvalue weighted by atomic mass is 16.2. The molecule has 0 fully saturated rings.